The van der Waals surface area contributed by atoms with E-state index < -0.39 is 0 Å². The van der Waals surface area contributed by atoms with Crippen LogP contribution in [-0.4, -0.2) is 47.1 Å². The highest BCUT2D eigenvalue weighted by atomic mass is 16.5. The number of anilines is 4. The van der Waals surface area contributed by atoms with Crippen molar-refractivity contribution in [2.75, 3.05) is 35.2 Å². The molecule has 0 radical (unpaired) electrons. The van der Waals surface area contributed by atoms with E-state index in [1.165, 1.54) is 11.8 Å². The molecule has 0 amide bonds. The Morgan fingerprint density at radius 1 is 1.24 bits per heavy atom. The first kappa shape index (κ1) is 21.6. The van der Waals surface area contributed by atoms with Crippen molar-refractivity contribution in [2.24, 2.45) is 5.10 Å². The van der Waals surface area contributed by atoms with Gasteiger partial charge in [0.15, 0.2) is 0 Å². The Kier molecular flexibility index (Phi) is 6.19. The summed E-state index contributed by atoms with van der Waals surface area (Å²) < 4.78 is 5.67. The normalized spacial score (nSPS) is 14.6. The van der Waals surface area contributed by atoms with Gasteiger partial charge in [-0.15, -0.1) is 0 Å². The third-order valence-corrected chi connectivity index (χ3v) is 5.94. The van der Waals surface area contributed by atoms with Crippen molar-refractivity contribution in [3.63, 3.8) is 0 Å². The number of nitrogens with one attached hydrogen (secondary N) is 4. The lowest BCUT2D eigenvalue weighted by molar-refractivity contribution is 0.310. The molecule has 0 bridgehead atoms. The summed E-state index contributed by atoms with van der Waals surface area (Å²) in [5.74, 6) is 1.26. The first-order valence-electron chi connectivity index (χ1n) is 11.3. The summed E-state index contributed by atoms with van der Waals surface area (Å²) in [4.78, 5) is 16.2. The molecule has 0 saturated heterocycles. The molecule has 5 rings (SSSR count). The van der Waals surface area contributed by atoms with Crippen molar-refractivity contribution in [1.29, 1.82) is 5.41 Å². The molecule has 0 saturated carbocycles. The Labute approximate surface area is 198 Å². The van der Waals surface area contributed by atoms with E-state index in [2.05, 4.69) is 43.0 Å². The molecule has 10 heteroatoms. The van der Waals surface area contributed by atoms with Crippen LogP contribution >= 0.6 is 0 Å². The average molecular weight is 458 g/mol. The third-order valence-electron chi connectivity index (χ3n) is 5.94. The molecule has 2 aliphatic rings. The van der Waals surface area contributed by atoms with Gasteiger partial charge in [0.1, 0.15) is 12.3 Å². The monoisotopic (exact) mass is 457 g/mol. The standard InChI is InChI=1S/C24H27N9O/c1-16-21(14-27-23-22(16)26-9-11-34-23)33-10-6-18-13-28-24(32-20(18)15-33)31-19-4-2-17(3-5-19)12-30-29-8-7-25/h2-5,7-8,13-14,25-26,30H,6,9-12,15H2,1H3,(H,28,31,32)/b25-7?,29-8-. The highest BCUT2D eigenvalue weighted by molar-refractivity contribution is 6.14. The van der Waals surface area contributed by atoms with E-state index in [9.17, 15) is 0 Å². The second-order valence-electron chi connectivity index (χ2n) is 8.16. The Balaban J connectivity index is 1.28. The van der Waals surface area contributed by atoms with Crippen LogP contribution in [0.25, 0.3) is 0 Å². The van der Waals surface area contributed by atoms with Crippen molar-refractivity contribution in [2.45, 2.75) is 26.4 Å². The number of ether oxygens (including phenoxy) is 1. The average Bonchev–Trinajstić information content (AvgIpc) is 2.88. The maximum Gasteiger partial charge on any atom is 0.237 e. The first-order valence-corrected chi connectivity index (χ1v) is 11.3. The molecule has 4 heterocycles. The Morgan fingerprint density at radius 3 is 2.97 bits per heavy atom. The Morgan fingerprint density at radius 2 is 2.12 bits per heavy atom. The lowest BCUT2D eigenvalue weighted by Crippen LogP contribution is -2.32. The van der Waals surface area contributed by atoms with Gasteiger partial charge in [0.2, 0.25) is 11.8 Å². The van der Waals surface area contributed by atoms with Crippen molar-refractivity contribution in [3.05, 3.63) is 59.0 Å². The fourth-order valence-electron chi connectivity index (χ4n) is 4.16. The number of nitrogens with zero attached hydrogens (tertiary/aromatic N) is 5. The molecule has 10 nitrogen and oxygen atoms in total. The van der Waals surface area contributed by atoms with Crippen LogP contribution in [0.1, 0.15) is 22.4 Å². The largest absolute Gasteiger partial charge is 0.474 e. The van der Waals surface area contributed by atoms with Crippen LogP contribution in [0.15, 0.2) is 41.8 Å². The SMILES string of the molecule is Cc1c(N2CCc3cnc(Nc4ccc(CN/N=C\C=N)cc4)nc3C2)cnc2c1NCCO2. The van der Waals surface area contributed by atoms with E-state index in [1.807, 2.05) is 36.7 Å². The van der Waals surface area contributed by atoms with Gasteiger partial charge in [0.25, 0.3) is 0 Å². The van der Waals surface area contributed by atoms with Crippen molar-refractivity contribution in [3.8, 4) is 5.88 Å². The van der Waals surface area contributed by atoms with Gasteiger partial charge in [-0.25, -0.2) is 15.0 Å². The number of rotatable bonds is 7. The molecular formula is C24H27N9O. The molecule has 0 fully saturated rings. The molecule has 0 aliphatic carbocycles. The fraction of sp³-hybridized carbons (Fsp3) is 0.292. The number of hydrazone groups is 1. The minimum Gasteiger partial charge on any atom is -0.474 e. The molecule has 0 spiro atoms. The summed E-state index contributed by atoms with van der Waals surface area (Å²) in [6.07, 6.45) is 7.25. The van der Waals surface area contributed by atoms with E-state index in [0.717, 1.165) is 59.6 Å². The Hall–Kier alpha value is -4.21. The van der Waals surface area contributed by atoms with E-state index >= 15 is 0 Å². The predicted octanol–water partition coefficient (Wildman–Crippen LogP) is 3.02. The maximum absolute atomic E-state index is 6.93. The van der Waals surface area contributed by atoms with Crippen LogP contribution in [0.5, 0.6) is 5.88 Å². The lowest BCUT2D eigenvalue weighted by atomic mass is 10.0. The molecule has 174 valence electrons. The molecular weight excluding hydrogens is 430 g/mol. The van der Waals surface area contributed by atoms with Crippen LogP contribution < -0.4 is 25.7 Å². The van der Waals surface area contributed by atoms with Crippen LogP contribution in [0.3, 0.4) is 0 Å². The highest BCUT2D eigenvalue weighted by Gasteiger charge is 2.24. The summed E-state index contributed by atoms with van der Waals surface area (Å²) in [6.45, 7) is 5.73. The zero-order valence-electron chi connectivity index (χ0n) is 19.0. The first-order chi connectivity index (χ1) is 16.7. The number of hydrogen-bond donors (Lipinski definition) is 4. The minimum atomic E-state index is 0.581. The van der Waals surface area contributed by atoms with Gasteiger partial charge in [-0.3, -0.25) is 0 Å². The number of hydrogen-bond acceptors (Lipinski definition) is 10. The van der Waals surface area contributed by atoms with Crippen LogP contribution in [0, 0.1) is 12.3 Å². The summed E-state index contributed by atoms with van der Waals surface area (Å²) in [6, 6.07) is 8.01. The number of aromatic nitrogens is 3. The maximum atomic E-state index is 6.93. The molecule has 0 unspecified atom stereocenters. The van der Waals surface area contributed by atoms with Crippen molar-refractivity contribution >= 4 is 35.4 Å². The van der Waals surface area contributed by atoms with E-state index in [4.69, 9.17) is 15.1 Å². The van der Waals surface area contributed by atoms with Gasteiger partial charge < -0.3 is 31.1 Å². The van der Waals surface area contributed by atoms with Crippen LogP contribution in [0.4, 0.5) is 23.0 Å². The van der Waals surface area contributed by atoms with E-state index in [0.29, 0.717) is 31.5 Å². The quantitative estimate of drug-likeness (QED) is 0.315. The van der Waals surface area contributed by atoms with Crippen LogP contribution in [-0.2, 0) is 19.5 Å². The number of fused-ring (bicyclic) bond motifs is 2. The topological polar surface area (TPSA) is 123 Å². The summed E-state index contributed by atoms with van der Waals surface area (Å²) in [5.41, 5.74) is 10.3. The van der Waals surface area contributed by atoms with Gasteiger partial charge in [0, 0.05) is 36.8 Å². The van der Waals surface area contributed by atoms with Gasteiger partial charge in [0.05, 0.1) is 36.9 Å². The predicted molar refractivity (Wildman–Crippen MR) is 134 cm³/mol. The fourth-order valence-corrected chi connectivity index (χ4v) is 4.16. The molecule has 4 N–H and O–H groups in total. The summed E-state index contributed by atoms with van der Waals surface area (Å²) in [5, 5.41) is 17.6. The van der Waals surface area contributed by atoms with Gasteiger partial charge >= 0.3 is 0 Å². The van der Waals surface area contributed by atoms with E-state index in [-0.39, 0.29) is 0 Å². The summed E-state index contributed by atoms with van der Waals surface area (Å²) in [7, 11) is 0. The number of pyridine rings is 1. The molecule has 3 aromatic rings. The smallest absolute Gasteiger partial charge is 0.237 e. The molecule has 2 aromatic heterocycles. The molecule has 0 atom stereocenters. The lowest BCUT2D eigenvalue weighted by Gasteiger charge is -2.32. The van der Waals surface area contributed by atoms with Gasteiger partial charge in [-0.1, -0.05) is 12.1 Å². The third kappa shape index (κ3) is 4.61. The van der Waals surface area contributed by atoms with Crippen LogP contribution in [0.2, 0.25) is 0 Å². The van der Waals surface area contributed by atoms with Gasteiger partial charge in [-0.05, 0) is 36.6 Å². The van der Waals surface area contributed by atoms with Crippen molar-refractivity contribution < 1.29 is 4.74 Å². The second kappa shape index (κ2) is 9.74. The zero-order valence-corrected chi connectivity index (χ0v) is 19.0. The Bertz CT molecular complexity index is 1210. The molecule has 2 aliphatic heterocycles. The minimum absolute atomic E-state index is 0.581. The second-order valence-corrected chi connectivity index (χ2v) is 8.16. The highest BCUT2D eigenvalue weighted by Crippen LogP contribution is 2.36. The summed E-state index contributed by atoms with van der Waals surface area (Å²) >= 11 is 0. The van der Waals surface area contributed by atoms with Crippen molar-refractivity contribution in [1.82, 2.24) is 20.4 Å². The molecule has 34 heavy (non-hydrogen) atoms. The van der Waals surface area contributed by atoms with Gasteiger partial charge in [-0.2, -0.15) is 5.10 Å². The molecule has 1 aromatic carbocycles. The number of benzene rings is 1. The zero-order chi connectivity index (χ0) is 23.3. The van der Waals surface area contributed by atoms with E-state index in [1.54, 1.807) is 0 Å².